The molecule has 1 aliphatic rings. The summed E-state index contributed by atoms with van der Waals surface area (Å²) in [7, 11) is 0. The Morgan fingerprint density at radius 2 is 1.55 bits per heavy atom. The quantitative estimate of drug-likeness (QED) is 0.334. The summed E-state index contributed by atoms with van der Waals surface area (Å²) in [6, 6.07) is 13.9. The van der Waals surface area contributed by atoms with Crippen LogP contribution in [0.1, 0.15) is 5.56 Å². The first kappa shape index (κ1) is 18.1. The molecule has 5 rings (SSSR count). The van der Waals surface area contributed by atoms with Gasteiger partial charge >= 0.3 is 6.18 Å². The minimum atomic E-state index is -4.36. The lowest BCUT2D eigenvalue weighted by atomic mass is 10.0. The Labute approximate surface area is 171 Å². The fourth-order valence-corrected chi connectivity index (χ4v) is 3.64. The number of ether oxygens (including phenoxy) is 2. The van der Waals surface area contributed by atoms with E-state index >= 15 is 0 Å². The number of hydrogen-bond donors (Lipinski definition) is 0. The van der Waals surface area contributed by atoms with Crippen LogP contribution in [0.2, 0.25) is 0 Å². The molecule has 0 atom stereocenters. The maximum absolute atomic E-state index is 12.8. The van der Waals surface area contributed by atoms with Gasteiger partial charge in [0.25, 0.3) is 0 Å². The van der Waals surface area contributed by atoms with Crippen LogP contribution in [-0.2, 0) is 6.18 Å². The molecule has 146 valence electrons. The van der Waals surface area contributed by atoms with Crippen LogP contribution >= 0.6 is 15.9 Å². The summed E-state index contributed by atoms with van der Waals surface area (Å²) >= 11 is 3.49. The average Bonchev–Trinajstić information content (AvgIpc) is 3.32. The lowest BCUT2D eigenvalue weighted by Crippen LogP contribution is -2.03. The molecule has 3 aromatic carbocycles. The molecule has 0 N–H and O–H groups in total. The van der Waals surface area contributed by atoms with E-state index in [-0.39, 0.29) is 6.79 Å². The first-order valence-corrected chi connectivity index (χ1v) is 9.35. The third-order valence-corrected chi connectivity index (χ3v) is 5.28. The Kier molecular flexibility index (Phi) is 4.06. The van der Waals surface area contributed by atoms with E-state index in [4.69, 9.17) is 13.9 Å². The normalized spacial score (nSPS) is 13.2. The van der Waals surface area contributed by atoms with Gasteiger partial charge in [0.05, 0.1) is 11.1 Å². The molecule has 0 saturated heterocycles. The van der Waals surface area contributed by atoms with Gasteiger partial charge in [0, 0.05) is 4.47 Å². The fourth-order valence-electron chi connectivity index (χ4n) is 3.15. The highest BCUT2D eigenvalue weighted by atomic mass is 79.9. The molecule has 4 aromatic rings. The number of oxazole rings is 1. The van der Waals surface area contributed by atoms with Crippen molar-refractivity contribution < 1.29 is 27.1 Å². The van der Waals surface area contributed by atoms with Gasteiger partial charge in [0.1, 0.15) is 5.52 Å². The molecule has 0 saturated carbocycles. The number of alkyl halides is 3. The Balaban J connectivity index is 1.53. The van der Waals surface area contributed by atoms with Gasteiger partial charge in [-0.1, -0.05) is 18.2 Å². The Morgan fingerprint density at radius 1 is 0.862 bits per heavy atom. The molecule has 2 heterocycles. The first-order chi connectivity index (χ1) is 13.9. The van der Waals surface area contributed by atoms with Crippen LogP contribution in [0.25, 0.3) is 33.7 Å². The van der Waals surface area contributed by atoms with Gasteiger partial charge in [-0.3, -0.25) is 0 Å². The van der Waals surface area contributed by atoms with Gasteiger partial charge in [0.15, 0.2) is 17.1 Å². The van der Waals surface area contributed by atoms with E-state index in [2.05, 4.69) is 20.9 Å². The molecule has 0 unspecified atom stereocenters. The van der Waals surface area contributed by atoms with Crippen molar-refractivity contribution in [2.45, 2.75) is 6.18 Å². The molecule has 0 spiro atoms. The number of halogens is 4. The fraction of sp³-hybridized carbons (Fsp3) is 0.0952. The molecule has 1 aromatic heterocycles. The molecular formula is C21H11BrF3NO3. The zero-order chi connectivity index (χ0) is 20.2. The van der Waals surface area contributed by atoms with Crippen LogP contribution in [0.5, 0.6) is 11.5 Å². The van der Waals surface area contributed by atoms with Crippen molar-refractivity contribution in [1.82, 2.24) is 4.98 Å². The summed E-state index contributed by atoms with van der Waals surface area (Å²) in [5.41, 5.74) is 2.58. The minimum Gasteiger partial charge on any atom is -0.454 e. The summed E-state index contributed by atoms with van der Waals surface area (Å²) in [5, 5.41) is 0. The van der Waals surface area contributed by atoms with Gasteiger partial charge in [-0.05, 0) is 63.5 Å². The van der Waals surface area contributed by atoms with Crippen molar-refractivity contribution in [1.29, 1.82) is 0 Å². The lowest BCUT2D eigenvalue weighted by molar-refractivity contribution is -0.137. The van der Waals surface area contributed by atoms with E-state index < -0.39 is 11.7 Å². The maximum Gasteiger partial charge on any atom is 0.416 e. The topological polar surface area (TPSA) is 44.5 Å². The van der Waals surface area contributed by atoms with Crippen molar-refractivity contribution in [2.75, 3.05) is 6.79 Å². The predicted molar refractivity (Wildman–Crippen MR) is 104 cm³/mol. The van der Waals surface area contributed by atoms with Gasteiger partial charge in [-0.25, -0.2) is 4.98 Å². The van der Waals surface area contributed by atoms with Crippen LogP contribution in [0.3, 0.4) is 0 Å². The predicted octanol–water partition coefficient (Wildman–Crippen LogP) is 6.67. The largest absolute Gasteiger partial charge is 0.454 e. The smallest absolute Gasteiger partial charge is 0.416 e. The standard InChI is InChI=1S/C21H11BrF3NO3/c22-15-9-19-18(27-10-28-19)8-14(15)20-26-16-6-3-12(7-17(16)29-20)11-1-4-13(5-2-11)21(23,24)25/h1-9H,10H2. The van der Waals surface area contributed by atoms with E-state index in [9.17, 15) is 13.2 Å². The van der Waals surface area contributed by atoms with Crippen LogP contribution in [0.15, 0.2) is 63.5 Å². The zero-order valence-electron chi connectivity index (χ0n) is 14.6. The number of hydrogen-bond acceptors (Lipinski definition) is 4. The molecule has 0 fully saturated rings. The summed E-state index contributed by atoms with van der Waals surface area (Å²) in [5.74, 6) is 1.65. The highest BCUT2D eigenvalue weighted by molar-refractivity contribution is 9.10. The Hall–Kier alpha value is -3.00. The summed E-state index contributed by atoms with van der Waals surface area (Å²) in [6.45, 7) is 0.162. The van der Waals surface area contributed by atoms with E-state index in [1.807, 2.05) is 0 Å². The van der Waals surface area contributed by atoms with Gasteiger partial charge in [-0.15, -0.1) is 0 Å². The van der Waals surface area contributed by atoms with Crippen molar-refractivity contribution in [3.63, 3.8) is 0 Å². The number of nitrogens with zero attached hydrogens (tertiary/aromatic N) is 1. The molecule has 1 aliphatic heterocycles. The van der Waals surface area contributed by atoms with E-state index in [1.54, 1.807) is 30.3 Å². The molecule has 8 heteroatoms. The highest BCUT2D eigenvalue weighted by Crippen LogP contribution is 2.41. The maximum atomic E-state index is 12.8. The second-order valence-corrected chi connectivity index (χ2v) is 7.32. The molecule has 4 nitrogen and oxygen atoms in total. The van der Waals surface area contributed by atoms with Crippen LogP contribution in [0.4, 0.5) is 13.2 Å². The van der Waals surface area contributed by atoms with Crippen LogP contribution in [-0.4, -0.2) is 11.8 Å². The van der Waals surface area contributed by atoms with Gasteiger partial charge < -0.3 is 13.9 Å². The first-order valence-electron chi connectivity index (χ1n) is 8.56. The van der Waals surface area contributed by atoms with E-state index in [0.717, 1.165) is 22.2 Å². The zero-order valence-corrected chi connectivity index (χ0v) is 16.2. The second kappa shape index (κ2) is 6.52. The average molecular weight is 462 g/mol. The number of aromatic nitrogens is 1. The van der Waals surface area contributed by atoms with E-state index in [0.29, 0.717) is 39.6 Å². The Bertz CT molecular complexity index is 1230. The minimum absolute atomic E-state index is 0.162. The monoisotopic (exact) mass is 461 g/mol. The molecular weight excluding hydrogens is 451 g/mol. The summed E-state index contributed by atoms with van der Waals surface area (Å²) in [4.78, 5) is 4.51. The molecule has 0 radical (unpaired) electrons. The van der Waals surface area contributed by atoms with Crippen molar-refractivity contribution in [3.05, 3.63) is 64.6 Å². The van der Waals surface area contributed by atoms with Crippen molar-refractivity contribution in [2.24, 2.45) is 0 Å². The van der Waals surface area contributed by atoms with Crippen molar-refractivity contribution in [3.8, 4) is 34.1 Å². The van der Waals surface area contributed by atoms with Crippen LogP contribution in [0, 0.1) is 0 Å². The molecule has 0 bridgehead atoms. The van der Waals surface area contributed by atoms with Gasteiger partial charge in [0.2, 0.25) is 12.7 Å². The second-order valence-electron chi connectivity index (χ2n) is 6.46. The van der Waals surface area contributed by atoms with E-state index in [1.165, 1.54) is 12.1 Å². The number of rotatable bonds is 2. The summed E-state index contributed by atoms with van der Waals surface area (Å²) in [6.07, 6.45) is -4.36. The summed E-state index contributed by atoms with van der Waals surface area (Å²) < 4.78 is 55.7. The van der Waals surface area contributed by atoms with Gasteiger partial charge in [-0.2, -0.15) is 13.2 Å². The van der Waals surface area contributed by atoms with Crippen molar-refractivity contribution >= 4 is 27.0 Å². The molecule has 0 amide bonds. The lowest BCUT2D eigenvalue weighted by Gasteiger charge is -2.07. The highest BCUT2D eigenvalue weighted by Gasteiger charge is 2.30. The number of benzene rings is 3. The third kappa shape index (κ3) is 3.23. The molecule has 29 heavy (non-hydrogen) atoms. The SMILES string of the molecule is FC(F)(F)c1ccc(-c2ccc3nc(-c4cc5c(cc4Br)OCO5)oc3c2)cc1. The van der Waals surface area contributed by atoms with Crippen LogP contribution < -0.4 is 9.47 Å². The Morgan fingerprint density at radius 3 is 2.28 bits per heavy atom. The molecule has 0 aliphatic carbocycles. The number of fused-ring (bicyclic) bond motifs is 2. The third-order valence-electron chi connectivity index (χ3n) is 4.63.